The third kappa shape index (κ3) is 5.34. The van der Waals surface area contributed by atoms with Gasteiger partial charge in [0.25, 0.3) is 0 Å². The molecule has 2 aromatic rings. The van der Waals surface area contributed by atoms with E-state index in [-0.39, 0.29) is 23.3 Å². The molecule has 0 spiro atoms. The monoisotopic (exact) mass is 465 g/mol. The Morgan fingerprint density at radius 3 is 2.21 bits per heavy atom. The molecule has 2 aliphatic heterocycles. The summed E-state index contributed by atoms with van der Waals surface area (Å²) in [5.74, 6) is 0.296. The van der Waals surface area contributed by atoms with Gasteiger partial charge in [0, 0.05) is 37.5 Å². The van der Waals surface area contributed by atoms with Gasteiger partial charge >= 0.3 is 12.2 Å². The standard InChI is InChI=1S/C24H30F3N3O3/c1-23(2,3)20-15-33-21(28-20)18-12-17(16-4-6-19(7-5-16)24(25,26)27)13-30(14-18)22(31)29-8-10-32-11-9-29/h4-7,15,17-18H,8-14H2,1-3H3. The Morgan fingerprint density at radius 1 is 1.00 bits per heavy atom. The summed E-state index contributed by atoms with van der Waals surface area (Å²) >= 11 is 0. The SMILES string of the molecule is CC(C)(C)c1coc(C2CC(c3ccc(C(F)(F)F)cc3)CN(C(=O)N3CCOCC3)C2)n1. The number of amides is 2. The molecular formula is C24H30F3N3O3. The van der Waals surface area contributed by atoms with E-state index in [4.69, 9.17) is 14.1 Å². The number of aromatic nitrogens is 1. The second-order valence-corrected chi connectivity index (χ2v) is 9.86. The number of halogens is 3. The van der Waals surface area contributed by atoms with E-state index >= 15 is 0 Å². The van der Waals surface area contributed by atoms with Crippen LogP contribution in [0.4, 0.5) is 18.0 Å². The summed E-state index contributed by atoms with van der Waals surface area (Å²) in [5, 5.41) is 0. The molecule has 180 valence electrons. The van der Waals surface area contributed by atoms with Crippen LogP contribution in [0.3, 0.4) is 0 Å². The molecule has 0 radical (unpaired) electrons. The molecule has 1 aromatic carbocycles. The number of carbonyl (C=O) groups is 1. The molecule has 2 amide bonds. The highest BCUT2D eigenvalue weighted by atomic mass is 19.4. The Balaban J connectivity index is 1.60. The summed E-state index contributed by atoms with van der Waals surface area (Å²) in [6.07, 6.45) is -2.08. The van der Waals surface area contributed by atoms with Crippen LogP contribution in [-0.2, 0) is 16.3 Å². The highest BCUT2D eigenvalue weighted by Crippen LogP contribution is 2.38. The molecular weight excluding hydrogens is 435 g/mol. The first-order valence-electron chi connectivity index (χ1n) is 11.3. The maximum Gasteiger partial charge on any atom is 0.416 e. The number of oxazole rings is 1. The predicted octanol–water partition coefficient (Wildman–Crippen LogP) is 5.02. The molecule has 0 bridgehead atoms. The number of hydrogen-bond acceptors (Lipinski definition) is 4. The van der Waals surface area contributed by atoms with E-state index in [0.29, 0.717) is 51.7 Å². The van der Waals surface area contributed by atoms with Crippen molar-refractivity contribution in [3.8, 4) is 0 Å². The Labute approximate surface area is 191 Å². The first-order chi connectivity index (χ1) is 15.5. The normalized spacial score (nSPS) is 22.5. The maximum absolute atomic E-state index is 13.3. The lowest BCUT2D eigenvalue weighted by Crippen LogP contribution is -2.52. The fourth-order valence-electron chi connectivity index (χ4n) is 4.39. The van der Waals surface area contributed by atoms with E-state index in [1.165, 1.54) is 12.1 Å². The van der Waals surface area contributed by atoms with Crippen LogP contribution in [0.2, 0.25) is 0 Å². The number of hydrogen-bond donors (Lipinski definition) is 0. The van der Waals surface area contributed by atoms with E-state index < -0.39 is 11.7 Å². The van der Waals surface area contributed by atoms with Gasteiger partial charge in [-0.1, -0.05) is 32.9 Å². The highest BCUT2D eigenvalue weighted by Gasteiger charge is 2.37. The Hall–Kier alpha value is -2.55. The minimum absolute atomic E-state index is 0.0810. The zero-order chi connectivity index (χ0) is 23.8. The van der Waals surface area contributed by atoms with Gasteiger partial charge in [0.1, 0.15) is 6.26 Å². The molecule has 2 saturated heterocycles. The lowest BCUT2D eigenvalue weighted by molar-refractivity contribution is -0.137. The topological polar surface area (TPSA) is 58.8 Å². The molecule has 2 fully saturated rings. The van der Waals surface area contributed by atoms with Crippen LogP contribution in [0.1, 0.15) is 61.7 Å². The quantitative estimate of drug-likeness (QED) is 0.625. The van der Waals surface area contributed by atoms with E-state index in [2.05, 4.69) is 20.8 Å². The number of morpholine rings is 1. The van der Waals surface area contributed by atoms with Gasteiger partial charge in [-0.15, -0.1) is 0 Å². The van der Waals surface area contributed by atoms with Crippen molar-refractivity contribution in [3.05, 3.63) is 53.2 Å². The van der Waals surface area contributed by atoms with Crippen molar-refractivity contribution in [2.75, 3.05) is 39.4 Å². The number of likely N-dealkylation sites (tertiary alicyclic amines) is 1. The van der Waals surface area contributed by atoms with Crippen LogP contribution < -0.4 is 0 Å². The average Bonchev–Trinajstić information content (AvgIpc) is 3.29. The van der Waals surface area contributed by atoms with Crippen LogP contribution in [0.15, 0.2) is 34.9 Å². The Bertz CT molecular complexity index is 960. The minimum atomic E-state index is -4.38. The largest absolute Gasteiger partial charge is 0.448 e. The van der Waals surface area contributed by atoms with Gasteiger partial charge in [0.2, 0.25) is 0 Å². The summed E-state index contributed by atoms with van der Waals surface area (Å²) in [5.41, 5.74) is 0.754. The first kappa shape index (κ1) is 23.6. The van der Waals surface area contributed by atoms with Crippen molar-refractivity contribution in [1.82, 2.24) is 14.8 Å². The molecule has 6 nitrogen and oxygen atoms in total. The smallest absolute Gasteiger partial charge is 0.416 e. The number of alkyl halides is 3. The number of ether oxygens (including phenoxy) is 1. The molecule has 0 aliphatic carbocycles. The van der Waals surface area contributed by atoms with Crippen LogP contribution in [0.5, 0.6) is 0 Å². The molecule has 2 unspecified atom stereocenters. The first-order valence-corrected chi connectivity index (χ1v) is 11.3. The molecule has 2 aliphatic rings. The number of carbonyl (C=O) groups excluding carboxylic acids is 1. The van der Waals surface area contributed by atoms with Crippen molar-refractivity contribution in [2.24, 2.45) is 0 Å². The van der Waals surface area contributed by atoms with E-state index in [1.54, 1.807) is 16.1 Å². The summed E-state index contributed by atoms with van der Waals surface area (Å²) in [6, 6.07) is 5.17. The van der Waals surface area contributed by atoms with E-state index in [0.717, 1.165) is 23.4 Å². The second-order valence-electron chi connectivity index (χ2n) is 9.86. The van der Waals surface area contributed by atoms with E-state index in [9.17, 15) is 18.0 Å². The number of urea groups is 1. The lowest BCUT2D eigenvalue weighted by atomic mass is 9.84. The molecule has 0 N–H and O–H groups in total. The van der Waals surface area contributed by atoms with Crippen molar-refractivity contribution >= 4 is 6.03 Å². The Kier molecular flexibility index (Phi) is 6.44. The zero-order valence-corrected chi connectivity index (χ0v) is 19.2. The molecule has 0 saturated carbocycles. The van der Waals surface area contributed by atoms with Gasteiger partial charge in [0.15, 0.2) is 5.89 Å². The highest BCUT2D eigenvalue weighted by molar-refractivity contribution is 5.75. The summed E-state index contributed by atoms with van der Waals surface area (Å²) in [7, 11) is 0. The Morgan fingerprint density at radius 2 is 1.64 bits per heavy atom. The van der Waals surface area contributed by atoms with Crippen LogP contribution >= 0.6 is 0 Å². The number of nitrogens with zero attached hydrogens (tertiary/aromatic N) is 3. The van der Waals surface area contributed by atoms with Crippen molar-refractivity contribution in [1.29, 1.82) is 0 Å². The third-order valence-electron chi connectivity index (χ3n) is 6.35. The summed E-state index contributed by atoms with van der Waals surface area (Å²) < 4.78 is 50.3. The fourth-order valence-corrected chi connectivity index (χ4v) is 4.39. The van der Waals surface area contributed by atoms with Crippen LogP contribution in [-0.4, -0.2) is 60.2 Å². The third-order valence-corrected chi connectivity index (χ3v) is 6.35. The number of rotatable bonds is 2. The second kappa shape index (κ2) is 9.00. The van der Waals surface area contributed by atoms with Crippen molar-refractivity contribution in [2.45, 2.75) is 50.6 Å². The van der Waals surface area contributed by atoms with E-state index in [1.807, 2.05) is 0 Å². The fraction of sp³-hybridized carbons (Fsp3) is 0.583. The molecule has 3 heterocycles. The molecule has 4 rings (SSSR count). The zero-order valence-electron chi connectivity index (χ0n) is 19.2. The maximum atomic E-state index is 13.3. The number of benzene rings is 1. The van der Waals surface area contributed by atoms with Gasteiger partial charge < -0.3 is 19.0 Å². The van der Waals surface area contributed by atoms with Gasteiger partial charge in [0.05, 0.1) is 30.4 Å². The van der Waals surface area contributed by atoms with Gasteiger partial charge in [-0.2, -0.15) is 13.2 Å². The van der Waals surface area contributed by atoms with Gasteiger partial charge in [-0.05, 0) is 24.1 Å². The average molecular weight is 466 g/mol. The van der Waals surface area contributed by atoms with Crippen LogP contribution in [0.25, 0.3) is 0 Å². The molecule has 9 heteroatoms. The van der Waals surface area contributed by atoms with Crippen LogP contribution in [0, 0.1) is 0 Å². The van der Waals surface area contributed by atoms with Crippen molar-refractivity contribution in [3.63, 3.8) is 0 Å². The summed E-state index contributed by atoms with van der Waals surface area (Å²) in [6.45, 7) is 9.09. The molecule has 2 atom stereocenters. The molecule has 33 heavy (non-hydrogen) atoms. The molecule has 1 aromatic heterocycles. The lowest BCUT2D eigenvalue weighted by Gasteiger charge is -2.40. The van der Waals surface area contributed by atoms with Crippen molar-refractivity contribution < 1.29 is 27.1 Å². The van der Waals surface area contributed by atoms with Gasteiger partial charge in [-0.3, -0.25) is 0 Å². The predicted molar refractivity (Wildman–Crippen MR) is 116 cm³/mol. The van der Waals surface area contributed by atoms with Gasteiger partial charge in [-0.25, -0.2) is 9.78 Å². The minimum Gasteiger partial charge on any atom is -0.448 e. The number of piperidine rings is 1. The summed E-state index contributed by atoms with van der Waals surface area (Å²) in [4.78, 5) is 21.5.